The number of nitrogens with one attached hydrogen (secondary N) is 1. The van der Waals surface area contributed by atoms with E-state index < -0.39 is 6.04 Å². The average Bonchev–Trinajstić information content (AvgIpc) is 2.76. The molecule has 0 spiro atoms. The van der Waals surface area contributed by atoms with E-state index in [-0.39, 0.29) is 17.9 Å². The summed E-state index contributed by atoms with van der Waals surface area (Å²) >= 11 is 7.60. The molecular formula is C25H33ClN2O2S. The van der Waals surface area contributed by atoms with Gasteiger partial charge >= 0.3 is 0 Å². The maximum Gasteiger partial charge on any atom is 0.243 e. The molecule has 0 aliphatic heterocycles. The smallest absolute Gasteiger partial charge is 0.243 e. The number of aryl methyl sites for hydroxylation is 1. The molecule has 2 aromatic rings. The Labute approximate surface area is 195 Å². The van der Waals surface area contributed by atoms with Crippen LogP contribution in [-0.2, 0) is 21.9 Å². The minimum Gasteiger partial charge on any atom is -0.352 e. The Kier molecular flexibility index (Phi) is 10.4. The molecule has 0 radical (unpaired) electrons. The molecule has 0 fully saturated rings. The lowest BCUT2D eigenvalue weighted by Gasteiger charge is -2.31. The van der Waals surface area contributed by atoms with Crippen molar-refractivity contribution in [3.05, 3.63) is 70.2 Å². The highest BCUT2D eigenvalue weighted by molar-refractivity contribution is 7.99. The summed E-state index contributed by atoms with van der Waals surface area (Å²) in [4.78, 5) is 27.9. The highest BCUT2D eigenvalue weighted by Crippen LogP contribution is 2.20. The van der Waals surface area contributed by atoms with Gasteiger partial charge in [-0.2, -0.15) is 0 Å². The van der Waals surface area contributed by atoms with Crippen LogP contribution in [0.25, 0.3) is 0 Å². The van der Waals surface area contributed by atoms with Crippen LogP contribution in [0.5, 0.6) is 0 Å². The molecule has 2 rings (SSSR count). The van der Waals surface area contributed by atoms with E-state index in [1.807, 2.05) is 57.2 Å². The number of carbonyl (C=O) groups is 2. The van der Waals surface area contributed by atoms with Gasteiger partial charge in [-0.25, -0.2) is 0 Å². The van der Waals surface area contributed by atoms with Gasteiger partial charge in [-0.1, -0.05) is 61.8 Å². The number of benzene rings is 2. The second kappa shape index (κ2) is 12.8. The lowest BCUT2D eigenvalue weighted by molar-refractivity contribution is -0.139. The van der Waals surface area contributed by atoms with Gasteiger partial charge in [-0.15, -0.1) is 11.8 Å². The third kappa shape index (κ3) is 7.89. The highest BCUT2D eigenvalue weighted by atomic mass is 35.5. The second-order valence-electron chi connectivity index (χ2n) is 7.81. The van der Waals surface area contributed by atoms with Crippen molar-refractivity contribution in [2.24, 2.45) is 0 Å². The molecule has 0 heterocycles. The van der Waals surface area contributed by atoms with Crippen molar-refractivity contribution in [1.29, 1.82) is 0 Å². The van der Waals surface area contributed by atoms with E-state index in [2.05, 4.69) is 24.4 Å². The van der Waals surface area contributed by atoms with E-state index in [9.17, 15) is 9.59 Å². The molecule has 0 bridgehead atoms. The summed E-state index contributed by atoms with van der Waals surface area (Å²) < 4.78 is 0. The molecule has 31 heavy (non-hydrogen) atoms. The molecule has 0 unspecified atom stereocenters. The molecule has 0 saturated carbocycles. The van der Waals surface area contributed by atoms with Crippen molar-refractivity contribution in [2.45, 2.75) is 64.9 Å². The standard InChI is InChI=1S/C25H33ClN2O2S/c1-5-19(4)27-25(30)23(6-2)28(15-20-11-13-22(26)14-12-20)24(29)17-31-16-21-10-8-7-9-18(21)3/h7-14,19,23H,5-6,15-17H2,1-4H3,(H,27,30)/t19-,23+/m0/s1. The predicted molar refractivity (Wildman–Crippen MR) is 131 cm³/mol. The zero-order valence-electron chi connectivity index (χ0n) is 18.9. The fraction of sp³-hybridized carbons (Fsp3) is 0.440. The van der Waals surface area contributed by atoms with Gasteiger partial charge in [0.1, 0.15) is 6.04 Å². The first-order valence-electron chi connectivity index (χ1n) is 10.8. The molecule has 4 nitrogen and oxygen atoms in total. The topological polar surface area (TPSA) is 49.4 Å². The Bertz CT molecular complexity index is 857. The zero-order valence-corrected chi connectivity index (χ0v) is 20.4. The molecule has 168 valence electrons. The van der Waals surface area contributed by atoms with Gasteiger partial charge in [0, 0.05) is 23.4 Å². The van der Waals surface area contributed by atoms with Gasteiger partial charge in [-0.05, 0) is 55.5 Å². The third-order valence-electron chi connectivity index (χ3n) is 5.40. The molecule has 2 amide bonds. The summed E-state index contributed by atoms with van der Waals surface area (Å²) in [5, 5.41) is 3.69. The van der Waals surface area contributed by atoms with Crippen molar-refractivity contribution < 1.29 is 9.59 Å². The normalized spacial score (nSPS) is 12.8. The number of carbonyl (C=O) groups excluding carboxylic acids is 2. The van der Waals surface area contributed by atoms with E-state index in [1.165, 1.54) is 11.1 Å². The number of hydrogen-bond acceptors (Lipinski definition) is 3. The summed E-state index contributed by atoms with van der Waals surface area (Å²) in [6.07, 6.45) is 1.41. The summed E-state index contributed by atoms with van der Waals surface area (Å²) in [6, 6.07) is 15.2. The lowest BCUT2D eigenvalue weighted by Crippen LogP contribution is -2.51. The van der Waals surface area contributed by atoms with Crippen LogP contribution in [0.4, 0.5) is 0 Å². The Hall–Kier alpha value is -1.98. The SMILES string of the molecule is CC[C@H](C(=O)N[C@@H](C)CC)N(Cc1ccc(Cl)cc1)C(=O)CSCc1ccccc1C. The average molecular weight is 461 g/mol. The minimum absolute atomic E-state index is 0.0281. The lowest BCUT2D eigenvalue weighted by atomic mass is 10.1. The fourth-order valence-electron chi connectivity index (χ4n) is 3.25. The largest absolute Gasteiger partial charge is 0.352 e. The van der Waals surface area contributed by atoms with E-state index in [1.54, 1.807) is 16.7 Å². The van der Waals surface area contributed by atoms with Crippen molar-refractivity contribution in [1.82, 2.24) is 10.2 Å². The van der Waals surface area contributed by atoms with Gasteiger partial charge in [0.2, 0.25) is 11.8 Å². The summed E-state index contributed by atoms with van der Waals surface area (Å²) in [7, 11) is 0. The molecule has 0 aliphatic rings. The van der Waals surface area contributed by atoms with Crippen molar-refractivity contribution in [2.75, 3.05) is 5.75 Å². The van der Waals surface area contributed by atoms with E-state index in [0.717, 1.165) is 17.7 Å². The molecule has 1 N–H and O–H groups in total. The van der Waals surface area contributed by atoms with Crippen molar-refractivity contribution in [3.63, 3.8) is 0 Å². The van der Waals surface area contributed by atoms with Crippen LogP contribution >= 0.6 is 23.4 Å². The van der Waals surface area contributed by atoms with Crippen LogP contribution in [0.15, 0.2) is 48.5 Å². The summed E-state index contributed by atoms with van der Waals surface area (Å²) in [6.45, 7) is 8.42. The van der Waals surface area contributed by atoms with Gasteiger partial charge in [0.15, 0.2) is 0 Å². The third-order valence-corrected chi connectivity index (χ3v) is 6.62. The van der Waals surface area contributed by atoms with E-state index >= 15 is 0 Å². The minimum atomic E-state index is -0.503. The first-order valence-corrected chi connectivity index (χ1v) is 12.4. The molecule has 2 aromatic carbocycles. The second-order valence-corrected chi connectivity index (χ2v) is 9.23. The van der Waals surface area contributed by atoms with Crippen LogP contribution in [0.3, 0.4) is 0 Å². The first-order chi connectivity index (χ1) is 14.8. The van der Waals surface area contributed by atoms with Gasteiger partial charge in [0.05, 0.1) is 5.75 Å². The monoisotopic (exact) mass is 460 g/mol. The Morgan fingerprint density at radius 2 is 1.74 bits per heavy atom. The van der Waals surface area contributed by atoms with Gasteiger partial charge < -0.3 is 10.2 Å². The van der Waals surface area contributed by atoms with Gasteiger partial charge in [-0.3, -0.25) is 9.59 Å². The zero-order chi connectivity index (χ0) is 22.8. The Morgan fingerprint density at radius 1 is 1.06 bits per heavy atom. The first kappa shape index (κ1) is 25.3. The summed E-state index contributed by atoms with van der Waals surface area (Å²) in [5.41, 5.74) is 3.40. The number of thioether (sulfide) groups is 1. The molecular weight excluding hydrogens is 428 g/mol. The fourth-order valence-corrected chi connectivity index (χ4v) is 4.36. The van der Waals surface area contributed by atoms with Gasteiger partial charge in [0.25, 0.3) is 0 Å². The number of nitrogens with zero attached hydrogens (tertiary/aromatic N) is 1. The van der Waals surface area contributed by atoms with Crippen LogP contribution < -0.4 is 5.32 Å². The van der Waals surface area contributed by atoms with E-state index in [0.29, 0.717) is 23.7 Å². The number of rotatable bonds is 11. The van der Waals surface area contributed by atoms with Crippen LogP contribution in [0, 0.1) is 6.92 Å². The maximum absolute atomic E-state index is 13.2. The molecule has 0 aliphatic carbocycles. The van der Waals surface area contributed by atoms with E-state index in [4.69, 9.17) is 11.6 Å². The summed E-state index contributed by atoms with van der Waals surface area (Å²) in [5.74, 6) is 0.973. The maximum atomic E-state index is 13.2. The molecule has 6 heteroatoms. The number of amides is 2. The Balaban J connectivity index is 2.14. The number of halogens is 1. The quantitative estimate of drug-likeness (QED) is 0.474. The Morgan fingerprint density at radius 3 is 2.35 bits per heavy atom. The van der Waals surface area contributed by atoms with Crippen molar-refractivity contribution >= 4 is 35.2 Å². The predicted octanol–water partition coefficient (Wildman–Crippen LogP) is 5.60. The van der Waals surface area contributed by atoms with Crippen LogP contribution in [-0.4, -0.2) is 34.6 Å². The van der Waals surface area contributed by atoms with Crippen molar-refractivity contribution in [3.8, 4) is 0 Å². The highest BCUT2D eigenvalue weighted by Gasteiger charge is 2.29. The van der Waals surface area contributed by atoms with Crippen LogP contribution in [0.2, 0.25) is 5.02 Å². The molecule has 2 atom stereocenters. The molecule has 0 saturated heterocycles. The number of hydrogen-bond donors (Lipinski definition) is 1. The molecule has 0 aromatic heterocycles. The van der Waals surface area contributed by atoms with Crippen LogP contribution in [0.1, 0.15) is 50.3 Å².